The number of anilines is 1. The first-order valence-electron chi connectivity index (χ1n) is 6.09. The molecule has 0 aliphatic heterocycles. The topological polar surface area (TPSA) is 50.3 Å². The molecule has 1 aromatic heterocycles. The van der Waals surface area contributed by atoms with Gasteiger partial charge in [0.2, 0.25) is 0 Å². The number of hydrogen-bond donors (Lipinski definition) is 0. The van der Waals surface area contributed by atoms with Gasteiger partial charge in [-0.2, -0.15) is 0 Å². The van der Waals surface area contributed by atoms with Gasteiger partial charge >= 0.3 is 0 Å². The minimum Gasteiger partial charge on any atom is -0.266 e. The van der Waals surface area contributed by atoms with Gasteiger partial charge in [-0.05, 0) is 32.4 Å². The molecule has 20 heavy (non-hydrogen) atoms. The van der Waals surface area contributed by atoms with Crippen LogP contribution in [0.4, 0.5) is 5.69 Å². The zero-order valence-electron chi connectivity index (χ0n) is 11.4. The molecule has 4 nitrogen and oxygen atoms in total. The molecule has 0 aliphatic carbocycles. The Balaban J connectivity index is 2.57. The fourth-order valence-electron chi connectivity index (χ4n) is 2.00. The van der Waals surface area contributed by atoms with E-state index >= 15 is 0 Å². The summed E-state index contributed by atoms with van der Waals surface area (Å²) in [4.78, 5) is 3.99. The van der Waals surface area contributed by atoms with Gasteiger partial charge in [0.1, 0.15) is 0 Å². The molecule has 2 aromatic rings. The molecule has 0 amide bonds. The van der Waals surface area contributed by atoms with Crippen LogP contribution in [0.2, 0.25) is 4.47 Å². The van der Waals surface area contributed by atoms with E-state index in [0.29, 0.717) is 17.9 Å². The van der Waals surface area contributed by atoms with Crippen LogP contribution in [-0.2, 0) is 10.0 Å². The molecule has 0 unspecified atom stereocenters. The van der Waals surface area contributed by atoms with E-state index in [2.05, 4.69) is 4.98 Å². The van der Waals surface area contributed by atoms with E-state index < -0.39 is 10.0 Å². The lowest BCUT2D eigenvalue weighted by molar-refractivity contribution is 0.593. The summed E-state index contributed by atoms with van der Waals surface area (Å²) in [6, 6.07) is 7.40. The third-order valence-electron chi connectivity index (χ3n) is 2.92. The molecule has 7 heteroatoms. The molecule has 1 heterocycles. The highest BCUT2D eigenvalue weighted by Crippen LogP contribution is 2.32. The summed E-state index contributed by atoms with van der Waals surface area (Å²) in [5, 5.41) is 0. The Bertz CT molecular complexity index is 726. The molecule has 2 rings (SSSR count). The first-order chi connectivity index (χ1) is 9.37. The normalized spacial score (nSPS) is 11.6. The maximum Gasteiger partial charge on any atom is 0.275 e. The third kappa shape index (κ3) is 2.68. The number of rotatable bonds is 4. The second-order valence-corrected chi connectivity index (χ2v) is 7.93. The van der Waals surface area contributed by atoms with Crippen LogP contribution in [-0.4, -0.2) is 19.9 Å². The third-order valence-corrected chi connectivity index (χ3v) is 6.66. The predicted octanol–water partition coefficient (Wildman–Crippen LogP) is 3.63. The van der Waals surface area contributed by atoms with Crippen molar-refractivity contribution in [3.63, 3.8) is 0 Å². The summed E-state index contributed by atoms with van der Waals surface area (Å²) in [5.74, 6) is 0. The molecule has 0 radical (unpaired) electrons. The number of sulfonamides is 1. The van der Waals surface area contributed by atoms with Crippen molar-refractivity contribution in [2.75, 3.05) is 10.8 Å². The van der Waals surface area contributed by atoms with Crippen molar-refractivity contribution in [2.24, 2.45) is 0 Å². The maximum absolute atomic E-state index is 12.8. The number of benzene rings is 1. The van der Waals surface area contributed by atoms with Gasteiger partial charge in [-0.3, -0.25) is 4.31 Å². The van der Waals surface area contributed by atoms with Crippen LogP contribution in [0, 0.1) is 13.8 Å². The monoisotopic (exact) mass is 330 g/mol. The minimum absolute atomic E-state index is 0.201. The molecular weight excluding hydrogens is 316 g/mol. The van der Waals surface area contributed by atoms with Gasteiger partial charge in [0, 0.05) is 6.54 Å². The molecular formula is C13H15ClN2O2S2. The predicted molar refractivity (Wildman–Crippen MR) is 83.2 cm³/mol. The van der Waals surface area contributed by atoms with E-state index in [9.17, 15) is 8.42 Å². The number of nitrogens with zero attached hydrogens (tertiary/aromatic N) is 2. The number of para-hydroxylation sites is 1. The Morgan fingerprint density at radius 3 is 2.45 bits per heavy atom. The Morgan fingerprint density at radius 2 is 1.95 bits per heavy atom. The zero-order valence-corrected chi connectivity index (χ0v) is 13.8. The Labute approximate surface area is 128 Å². The molecule has 0 bridgehead atoms. The number of aromatic nitrogens is 1. The average Bonchev–Trinajstić information content (AvgIpc) is 2.72. The first kappa shape index (κ1) is 15.3. The summed E-state index contributed by atoms with van der Waals surface area (Å²) in [6.45, 7) is 5.70. The first-order valence-corrected chi connectivity index (χ1v) is 8.72. The second-order valence-electron chi connectivity index (χ2n) is 4.30. The molecule has 0 fully saturated rings. The van der Waals surface area contributed by atoms with Crippen LogP contribution in [0.25, 0.3) is 0 Å². The van der Waals surface area contributed by atoms with Crippen LogP contribution in [0.1, 0.15) is 18.2 Å². The van der Waals surface area contributed by atoms with Crippen molar-refractivity contribution in [1.82, 2.24) is 4.98 Å². The lowest BCUT2D eigenvalue weighted by Gasteiger charge is -2.23. The van der Waals surface area contributed by atoms with E-state index in [4.69, 9.17) is 11.6 Å². The van der Waals surface area contributed by atoms with Crippen LogP contribution < -0.4 is 4.31 Å². The molecule has 0 saturated carbocycles. The van der Waals surface area contributed by atoms with Gasteiger partial charge in [-0.15, -0.1) is 0 Å². The highest BCUT2D eigenvalue weighted by atomic mass is 35.5. The molecule has 108 valence electrons. The van der Waals surface area contributed by atoms with Gasteiger partial charge in [0.15, 0.2) is 8.68 Å². The molecule has 0 N–H and O–H groups in total. The number of hydrogen-bond acceptors (Lipinski definition) is 4. The van der Waals surface area contributed by atoms with E-state index in [-0.39, 0.29) is 8.68 Å². The van der Waals surface area contributed by atoms with Crippen molar-refractivity contribution in [3.05, 3.63) is 40.0 Å². The fourth-order valence-corrected chi connectivity index (χ4v) is 5.38. The van der Waals surface area contributed by atoms with E-state index in [1.807, 2.05) is 32.0 Å². The lowest BCUT2D eigenvalue weighted by atomic mass is 10.2. The van der Waals surface area contributed by atoms with Crippen molar-refractivity contribution in [2.45, 2.75) is 25.0 Å². The second kappa shape index (κ2) is 5.71. The maximum atomic E-state index is 12.8. The lowest BCUT2D eigenvalue weighted by Crippen LogP contribution is -2.31. The molecule has 1 aromatic carbocycles. The van der Waals surface area contributed by atoms with E-state index in [1.165, 1.54) is 4.31 Å². The van der Waals surface area contributed by atoms with Gasteiger partial charge in [0.25, 0.3) is 10.0 Å². The van der Waals surface area contributed by atoms with Crippen molar-refractivity contribution in [3.8, 4) is 0 Å². The Kier molecular flexibility index (Phi) is 4.36. The van der Waals surface area contributed by atoms with Gasteiger partial charge in [-0.25, -0.2) is 13.4 Å². The Hall–Kier alpha value is -1.11. The number of thiazole rings is 1. The molecule has 0 saturated heterocycles. The highest BCUT2D eigenvalue weighted by Gasteiger charge is 2.29. The van der Waals surface area contributed by atoms with Crippen LogP contribution >= 0.6 is 22.9 Å². The van der Waals surface area contributed by atoms with Crippen LogP contribution in [0.15, 0.2) is 28.5 Å². The van der Waals surface area contributed by atoms with Gasteiger partial charge < -0.3 is 0 Å². The number of halogens is 1. The number of aryl methyl sites for hydroxylation is 2. The highest BCUT2D eigenvalue weighted by molar-refractivity contribution is 7.94. The zero-order chi connectivity index (χ0) is 14.9. The smallest absolute Gasteiger partial charge is 0.266 e. The van der Waals surface area contributed by atoms with Gasteiger partial charge in [-0.1, -0.05) is 41.1 Å². The quantitative estimate of drug-likeness (QED) is 0.860. The summed E-state index contributed by atoms with van der Waals surface area (Å²) in [6.07, 6.45) is 0. The molecule has 0 spiro atoms. The summed E-state index contributed by atoms with van der Waals surface area (Å²) >= 11 is 6.81. The largest absolute Gasteiger partial charge is 0.275 e. The van der Waals surface area contributed by atoms with Crippen molar-refractivity contribution in [1.29, 1.82) is 0 Å². The minimum atomic E-state index is -3.63. The summed E-state index contributed by atoms with van der Waals surface area (Å²) in [5.41, 5.74) is 2.03. The standard InChI is InChI=1S/C13H15ClN2O2S2/c1-4-16(11-8-6-5-7-9(11)2)20(17,18)12-10(3)15-13(14)19-12/h5-8H,4H2,1-3H3. The van der Waals surface area contributed by atoms with Gasteiger partial charge in [0.05, 0.1) is 11.4 Å². The van der Waals surface area contributed by atoms with Crippen LogP contribution in [0.5, 0.6) is 0 Å². The van der Waals surface area contributed by atoms with Crippen LogP contribution in [0.3, 0.4) is 0 Å². The van der Waals surface area contributed by atoms with Crippen molar-refractivity contribution < 1.29 is 8.42 Å². The summed E-state index contributed by atoms with van der Waals surface area (Å²) in [7, 11) is -3.63. The SMILES string of the molecule is CCN(c1ccccc1C)S(=O)(=O)c1sc(Cl)nc1C. The molecule has 0 atom stereocenters. The average molecular weight is 331 g/mol. The fraction of sp³-hybridized carbons (Fsp3) is 0.308. The Morgan fingerprint density at radius 1 is 1.30 bits per heavy atom. The molecule has 0 aliphatic rings. The van der Waals surface area contributed by atoms with E-state index in [0.717, 1.165) is 16.9 Å². The summed E-state index contributed by atoms with van der Waals surface area (Å²) < 4.78 is 27.4. The van der Waals surface area contributed by atoms with E-state index in [1.54, 1.807) is 13.0 Å². The van der Waals surface area contributed by atoms with Crippen molar-refractivity contribution >= 4 is 38.6 Å².